The lowest BCUT2D eigenvalue weighted by molar-refractivity contribution is -0.136. The van der Waals surface area contributed by atoms with Gasteiger partial charge in [-0.15, -0.1) is 0 Å². The van der Waals surface area contributed by atoms with E-state index in [0.717, 1.165) is 72.6 Å². The van der Waals surface area contributed by atoms with Gasteiger partial charge in [0.15, 0.2) is 5.13 Å². The Labute approximate surface area is 185 Å². The molecule has 5 rings (SSSR count). The summed E-state index contributed by atoms with van der Waals surface area (Å²) in [6.45, 7) is 5.05. The summed E-state index contributed by atoms with van der Waals surface area (Å²) >= 11 is 7.63. The minimum atomic E-state index is 0.121. The molecule has 2 aliphatic heterocycles. The third-order valence-electron chi connectivity index (χ3n) is 6.05. The fourth-order valence-corrected chi connectivity index (χ4v) is 5.39. The van der Waals surface area contributed by atoms with E-state index in [9.17, 15) is 4.79 Å². The van der Waals surface area contributed by atoms with Gasteiger partial charge in [-0.2, -0.15) is 0 Å². The average molecular weight is 442 g/mol. The Hall–Kier alpha value is -2.38. The summed E-state index contributed by atoms with van der Waals surface area (Å²) in [6.07, 6.45) is 3.58. The molecule has 8 heteroatoms. The number of piperazine rings is 1. The molecule has 0 spiro atoms. The first-order valence-electron chi connectivity index (χ1n) is 10.4. The van der Waals surface area contributed by atoms with Crippen molar-refractivity contribution in [3.05, 3.63) is 47.6 Å². The van der Waals surface area contributed by atoms with E-state index in [4.69, 9.17) is 16.6 Å². The van der Waals surface area contributed by atoms with Crippen molar-refractivity contribution < 1.29 is 4.79 Å². The zero-order chi connectivity index (χ0) is 20.5. The predicted octanol–water partition coefficient (Wildman–Crippen LogP) is 3.91. The van der Waals surface area contributed by atoms with Gasteiger partial charge < -0.3 is 14.7 Å². The van der Waals surface area contributed by atoms with E-state index in [1.54, 1.807) is 11.3 Å². The largest absolute Gasteiger partial charge is 0.368 e. The van der Waals surface area contributed by atoms with E-state index < -0.39 is 0 Å². The summed E-state index contributed by atoms with van der Waals surface area (Å²) in [7, 11) is 0. The van der Waals surface area contributed by atoms with Gasteiger partial charge in [-0.3, -0.25) is 4.79 Å². The molecule has 0 aliphatic carbocycles. The molecule has 3 aromatic rings. The number of hydrogen-bond donors (Lipinski definition) is 0. The number of pyridine rings is 1. The quantitative estimate of drug-likeness (QED) is 0.616. The van der Waals surface area contributed by atoms with Crippen molar-refractivity contribution in [3.8, 4) is 0 Å². The number of amides is 1. The Morgan fingerprint density at radius 3 is 2.40 bits per heavy atom. The van der Waals surface area contributed by atoms with Gasteiger partial charge in [0.2, 0.25) is 5.91 Å². The molecule has 4 heterocycles. The van der Waals surface area contributed by atoms with Gasteiger partial charge in [-0.05, 0) is 49.2 Å². The van der Waals surface area contributed by atoms with Crippen LogP contribution in [0.1, 0.15) is 12.8 Å². The number of anilines is 2. The first kappa shape index (κ1) is 19.6. The maximum atomic E-state index is 13.1. The molecule has 2 fully saturated rings. The second kappa shape index (κ2) is 8.40. The van der Waals surface area contributed by atoms with E-state index in [-0.39, 0.29) is 5.92 Å². The van der Waals surface area contributed by atoms with Crippen LogP contribution in [0.3, 0.4) is 0 Å². The molecule has 2 aliphatic rings. The Balaban J connectivity index is 1.15. The van der Waals surface area contributed by atoms with E-state index in [2.05, 4.69) is 14.8 Å². The summed E-state index contributed by atoms with van der Waals surface area (Å²) in [4.78, 5) is 29.8. The zero-order valence-corrected chi connectivity index (χ0v) is 18.3. The van der Waals surface area contributed by atoms with Crippen LogP contribution in [0.2, 0.25) is 5.02 Å². The van der Waals surface area contributed by atoms with Gasteiger partial charge >= 0.3 is 0 Å². The number of carbonyl (C=O) groups excluding carboxylic acids is 1. The number of fused-ring (bicyclic) bond motifs is 1. The van der Waals surface area contributed by atoms with Crippen LogP contribution in [0.5, 0.6) is 0 Å². The lowest BCUT2D eigenvalue weighted by Crippen LogP contribution is -2.51. The molecule has 1 amide bonds. The Morgan fingerprint density at radius 1 is 0.967 bits per heavy atom. The lowest BCUT2D eigenvalue weighted by atomic mass is 9.95. The van der Waals surface area contributed by atoms with Crippen molar-refractivity contribution in [1.29, 1.82) is 0 Å². The maximum absolute atomic E-state index is 13.1. The molecule has 6 nitrogen and oxygen atoms in total. The number of piperidine rings is 1. The molecule has 156 valence electrons. The summed E-state index contributed by atoms with van der Waals surface area (Å²) in [6, 6.07) is 11.9. The van der Waals surface area contributed by atoms with E-state index in [1.807, 2.05) is 47.5 Å². The van der Waals surface area contributed by atoms with Crippen LogP contribution < -0.4 is 9.80 Å². The number of aromatic nitrogens is 2. The molecule has 0 radical (unpaired) electrons. The standard InChI is InChI=1S/C22H24ClN5OS/c23-17-3-5-18(6-4-17)26-12-14-27(15-13-26)21(29)16-7-10-28(11-8-16)22-25-19-2-1-9-24-20(19)30-22/h1-6,9,16H,7-8,10-15H2. The molecular formula is C22H24ClN5OS. The van der Waals surface area contributed by atoms with Gasteiger partial charge in [0.25, 0.3) is 0 Å². The number of rotatable bonds is 3. The normalized spacial score (nSPS) is 18.2. The third-order valence-corrected chi connectivity index (χ3v) is 7.34. The number of carbonyl (C=O) groups is 1. The number of benzene rings is 1. The van der Waals surface area contributed by atoms with Gasteiger partial charge in [0, 0.05) is 62.1 Å². The maximum Gasteiger partial charge on any atom is 0.225 e. The van der Waals surface area contributed by atoms with Crippen molar-refractivity contribution in [2.24, 2.45) is 5.92 Å². The zero-order valence-electron chi connectivity index (χ0n) is 16.7. The Bertz CT molecular complexity index is 990. The molecule has 0 atom stereocenters. The third kappa shape index (κ3) is 3.96. The molecule has 0 unspecified atom stereocenters. The van der Waals surface area contributed by atoms with Gasteiger partial charge in [0.05, 0.1) is 0 Å². The van der Waals surface area contributed by atoms with E-state index in [0.29, 0.717) is 5.91 Å². The fraction of sp³-hybridized carbons (Fsp3) is 0.409. The van der Waals surface area contributed by atoms with Gasteiger partial charge in [-0.1, -0.05) is 22.9 Å². The summed E-state index contributed by atoms with van der Waals surface area (Å²) in [5.74, 6) is 0.437. The molecule has 2 aromatic heterocycles. The minimum absolute atomic E-state index is 0.121. The molecule has 0 N–H and O–H groups in total. The molecule has 1 aromatic carbocycles. The predicted molar refractivity (Wildman–Crippen MR) is 123 cm³/mol. The smallest absolute Gasteiger partial charge is 0.225 e. The number of hydrogen-bond acceptors (Lipinski definition) is 6. The van der Waals surface area contributed by atoms with Crippen molar-refractivity contribution >= 4 is 50.0 Å². The highest BCUT2D eigenvalue weighted by Crippen LogP contribution is 2.31. The topological polar surface area (TPSA) is 52.6 Å². The molecule has 2 saturated heterocycles. The molecule has 30 heavy (non-hydrogen) atoms. The number of nitrogens with zero attached hydrogens (tertiary/aromatic N) is 5. The van der Waals surface area contributed by atoms with E-state index in [1.165, 1.54) is 5.69 Å². The van der Waals surface area contributed by atoms with Crippen LogP contribution in [-0.2, 0) is 4.79 Å². The Kier molecular flexibility index (Phi) is 5.48. The van der Waals surface area contributed by atoms with Crippen molar-refractivity contribution in [2.75, 3.05) is 49.1 Å². The highest BCUT2D eigenvalue weighted by Gasteiger charge is 2.31. The highest BCUT2D eigenvalue weighted by atomic mass is 35.5. The van der Waals surface area contributed by atoms with Gasteiger partial charge in [0.1, 0.15) is 10.3 Å². The van der Waals surface area contributed by atoms with Crippen molar-refractivity contribution in [3.63, 3.8) is 0 Å². The monoisotopic (exact) mass is 441 g/mol. The SMILES string of the molecule is O=C(C1CCN(c2nc3cccnc3s2)CC1)N1CCN(c2ccc(Cl)cc2)CC1. The van der Waals surface area contributed by atoms with E-state index >= 15 is 0 Å². The second-order valence-corrected chi connectivity index (χ2v) is 9.27. The second-order valence-electron chi connectivity index (χ2n) is 7.87. The first-order chi connectivity index (χ1) is 14.7. The average Bonchev–Trinajstić information content (AvgIpc) is 3.24. The summed E-state index contributed by atoms with van der Waals surface area (Å²) in [5.41, 5.74) is 2.12. The lowest BCUT2D eigenvalue weighted by Gasteiger charge is -2.39. The minimum Gasteiger partial charge on any atom is -0.368 e. The molecular weight excluding hydrogens is 418 g/mol. The first-order valence-corrected chi connectivity index (χ1v) is 11.6. The highest BCUT2D eigenvalue weighted by molar-refractivity contribution is 7.21. The Morgan fingerprint density at radius 2 is 1.70 bits per heavy atom. The van der Waals surface area contributed by atoms with Crippen LogP contribution in [-0.4, -0.2) is 60.0 Å². The van der Waals surface area contributed by atoms with Gasteiger partial charge in [-0.25, -0.2) is 9.97 Å². The van der Waals surface area contributed by atoms with Crippen LogP contribution in [0.4, 0.5) is 10.8 Å². The summed E-state index contributed by atoms with van der Waals surface area (Å²) < 4.78 is 0. The number of thiazole rings is 1. The van der Waals surface area contributed by atoms with Crippen LogP contribution in [0.25, 0.3) is 10.3 Å². The van der Waals surface area contributed by atoms with Crippen LogP contribution in [0.15, 0.2) is 42.6 Å². The molecule has 0 bridgehead atoms. The summed E-state index contributed by atoms with van der Waals surface area (Å²) in [5, 5.41) is 1.77. The van der Waals surface area contributed by atoms with Crippen LogP contribution >= 0.6 is 22.9 Å². The van der Waals surface area contributed by atoms with Crippen molar-refractivity contribution in [1.82, 2.24) is 14.9 Å². The number of halogens is 1. The van der Waals surface area contributed by atoms with Crippen molar-refractivity contribution in [2.45, 2.75) is 12.8 Å². The van der Waals surface area contributed by atoms with Crippen LogP contribution in [0, 0.1) is 5.92 Å². The fourth-order valence-electron chi connectivity index (χ4n) is 4.31. The molecule has 0 saturated carbocycles.